The number of hydrogen-bond donors (Lipinski definition) is 1. The van der Waals surface area contributed by atoms with Crippen molar-refractivity contribution in [3.05, 3.63) is 90.4 Å². The molecule has 0 aliphatic carbocycles. The minimum absolute atomic E-state index is 0.267. The van der Waals surface area contributed by atoms with Crippen LogP contribution in [0.15, 0.2) is 79.3 Å². The molecule has 0 atom stereocenters. The first kappa shape index (κ1) is 19.7. The zero-order valence-electron chi connectivity index (χ0n) is 15.9. The number of anilines is 2. The Hall–Kier alpha value is -3.61. The van der Waals surface area contributed by atoms with Crippen LogP contribution in [0.25, 0.3) is 10.8 Å². The topological polar surface area (TPSA) is 47.0 Å². The number of aromatic nitrogens is 2. The predicted molar refractivity (Wildman–Crippen MR) is 110 cm³/mol. The molecule has 0 aliphatic rings. The lowest BCUT2D eigenvalue weighted by Crippen LogP contribution is -2.16. The van der Waals surface area contributed by atoms with Gasteiger partial charge in [0.15, 0.2) is 0 Å². The number of hydrogen-bond acceptors (Lipinski definition) is 4. The monoisotopic (exact) mass is 409 g/mol. The van der Waals surface area contributed by atoms with Gasteiger partial charge in [-0.15, -0.1) is 13.2 Å². The molecule has 1 N–H and O–H groups in total. The van der Waals surface area contributed by atoms with Crippen molar-refractivity contribution in [2.24, 2.45) is 0 Å². The van der Waals surface area contributed by atoms with Gasteiger partial charge in [0.05, 0.1) is 0 Å². The van der Waals surface area contributed by atoms with Gasteiger partial charge in [-0.1, -0.05) is 30.3 Å². The third kappa shape index (κ3) is 4.86. The average molecular weight is 409 g/mol. The van der Waals surface area contributed by atoms with E-state index in [0.717, 1.165) is 34.7 Å². The summed E-state index contributed by atoms with van der Waals surface area (Å²) in [7, 11) is 0. The molecule has 4 aromatic rings. The maximum atomic E-state index is 12.3. The van der Waals surface area contributed by atoms with E-state index in [2.05, 4.69) is 20.0 Å². The van der Waals surface area contributed by atoms with Crippen LogP contribution in [0.3, 0.4) is 0 Å². The zero-order chi connectivity index (χ0) is 21.0. The van der Waals surface area contributed by atoms with Crippen LogP contribution in [0.2, 0.25) is 0 Å². The van der Waals surface area contributed by atoms with Crippen LogP contribution >= 0.6 is 0 Å². The van der Waals surface area contributed by atoms with Gasteiger partial charge in [0.25, 0.3) is 0 Å². The van der Waals surface area contributed by atoms with Gasteiger partial charge in [0, 0.05) is 29.7 Å². The number of nitrogens with one attached hydrogen (secondary N) is 1. The number of aryl methyl sites for hydroxylation is 2. The number of benzene rings is 2. The van der Waals surface area contributed by atoms with Crippen LogP contribution in [0.5, 0.6) is 5.75 Å². The van der Waals surface area contributed by atoms with Crippen LogP contribution in [0, 0.1) is 0 Å². The summed E-state index contributed by atoms with van der Waals surface area (Å²) in [5, 5.41) is 5.20. The lowest BCUT2D eigenvalue weighted by atomic mass is 10.0. The molecule has 30 heavy (non-hydrogen) atoms. The molecule has 152 valence electrons. The van der Waals surface area contributed by atoms with E-state index in [9.17, 15) is 13.2 Å². The van der Waals surface area contributed by atoms with Crippen molar-refractivity contribution in [1.29, 1.82) is 0 Å². The molecule has 0 saturated carbocycles. The van der Waals surface area contributed by atoms with Crippen molar-refractivity contribution in [1.82, 2.24) is 9.97 Å². The molecular weight excluding hydrogens is 391 g/mol. The van der Waals surface area contributed by atoms with Crippen LogP contribution in [-0.4, -0.2) is 16.3 Å². The lowest BCUT2D eigenvalue weighted by molar-refractivity contribution is -0.274. The molecule has 0 unspecified atom stereocenters. The SMILES string of the molecule is FC(F)(F)Oc1ccc(Nc2ncc(CCc3cccnc3)c3ccccc23)cc1. The van der Waals surface area contributed by atoms with Crippen LogP contribution in [-0.2, 0) is 12.8 Å². The molecule has 0 aliphatic heterocycles. The smallest absolute Gasteiger partial charge is 0.406 e. The molecule has 0 fully saturated rings. The Kier molecular flexibility index (Phi) is 5.52. The first-order valence-corrected chi connectivity index (χ1v) is 9.36. The Labute approximate surface area is 171 Å². The largest absolute Gasteiger partial charge is 0.573 e. The maximum absolute atomic E-state index is 12.3. The van der Waals surface area contributed by atoms with E-state index in [0.29, 0.717) is 11.5 Å². The highest BCUT2D eigenvalue weighted by Crippen LogP contribution is 2.29. The summed E-state index contributed by atoms with van der Waals surface area (Å²) in [6, 6.07) is 17.5. The Bertz CT molecular complexity index is 1130. The van der Waals surface area contributed by atoms with Gasteiger partial charge in [0.2, 0.25) is 0 Å². The minimum atomic E-state index is -4.71. The second kappa shape index (κ2) is 8.41. The third-order valence-corrected chi connectivity index (χ3v) is 4.63. The first-order chi connectivity index (χ1) is 14.5. The molecule has 0 amide bonds. The minimum Gasteiger partial charge on any atom is -0.406 e. The van der Waals surface area contributed by atoms with E-state index < -0.39 is 6.36 Å². The molecule has 7 heteroatoms. The number of rotatable bonds is 6. The average Bonchev–Trinajstić information content (AvgIpc) is 2.74. The molecule has 4 nitrogen and oxygen atoms in total. The molecule has 2 aromatic heterocycles. The summed E-state index contributed by atoms with van der Waals surface area (Å²) in [6.07, 6.45) is 2.41. The van der Waals surface area contributed by atoms with Crippen molar-refractivity contribution in [3.8, 4) is 5.75 Å². The predicted octanol–water partition coefficient (Wildman–Crippen LogP) is 6.06. The summed E-state index contributed by atoms with van der Waals surface area (Å²) in [4.78, 5) is 8.71. The van der Waals surface area contributed by atoms with Crippen molar-refractivity contribution < 1.29 is 17.9 Å². The van der Waals surface area contributed by atoms with E-state index >= 15 is 0 Å². The first-order valence-electron chi connectivity index (χ1n) is 9.36. The van der Waals surface area contributed by atoms with Gasteiger partial charge in [-0.25, -0.2) is 4.98 Å². The summed E-state index contributed by atoms with van der Waals surface area (Å²) >= 11 is 0. The maximum Gasteiger partial charge on any atom is 0.573 e. The fraction of sp³-hybridized carbons (Fsp3) is 0.130. The van der Waals surface area contributed by atoms with Crippen molar-refractivity contribution in [3.63, 3.8) is 0 Å². The van der Waals surface area contributed by atoms with Gasteiger partial charge in [0.1, 0.15) is 11.6 Å². The fourth-order valence-electron chi connectivity index (χ4n) is 3.25. The van der Waals surface area contributed by atoms with E-state index in [-0.39, 0.29) is 5.75 Å². The van der Waals surface area contributed by atoms with Gasteiger partial charge < -0.3 is 10.1 Å². The number of nitrogens with zero attached hydrogens (tertiary/aromatic N) is 2. The fourth-order valence-corrected chi connectivity index (χ4v) is 3.25. The number of ether oxygens (including phenoxy) is 1. The van der Waals surface area contributed by atoms with Crippen LogP contribution < -0.4 is 10.1 Å². The van der Waals surface area contributed by atoms with Gasteiger partial charge in [-0.3, -0.25) is 4.98 Å². The molecule has 0 spiro atoms. The molecule has 0 saturated heterocycles. The van der Waals surface area contributed by atoms with E-state index in [1.165, 1.54) is 24.3 Å². The highest BCUT2D eigenvalue weighted by atomic mass is 19.4. The highest BCUT2D eigenvalue weighted by molar-refractivity contribution is 5.95. The molecule has 0 radical (unpaired) electrons. The zero-order valence-corrected chi connectivity index (χ0v) is 15.9. The lowest BCUT2D eigenvalue weighted by Gasteiger charge is -2.13. The van der Waals surface area contributed by atoms with E-state index in [4.69, 9.17) is 0 Å². The van der Waals surface area contributed by atoms with Crippen molar-refractivity contribution in [2.45, 2.75) is 19.2 Å². The van der Waals surface area contributed by atoms with Crippen molar-refractivity contribution in [2.75, 3.05) is 5.32 Å². The second-order valence-electron chi connectivity index (χ2n) is 6.74. The van der Waals surface area contributed by atoms with Crippen LogP contribution in [0.4, 0.5) is 24.7 Å². The number of halogens is 3. The molecule has 0 bridgehead atoms. The van der Waals surface area contributed by atoms with Crippen LogP contribution in [0.1, 0.15) is 11.1 Å². The number of fused-ring (bicyclic) bond motifs is 1. The Morgan fingerprint density at radius 3 is 2.30 bits per heavy atom. The van der Waals surface area contributed by atoms with E-state index in [1.54, 1.807) is 6.20 Å². The highest BCUT2D eigenvalue weighted by Gasteiger charge is 2.30. The van der Waals surface area contributed by atoms with Gasteiger partial charge >= 0.3 is 6.36 Å². The number of pyridine rings is 2. The van der Waals surface area contributed by atoms with Crippen molar-refractivity contribution >= 4 is 22.3 Å². The molecular formula is C23H18F3N3O. The molecule has 2 heterocycles. The second-order valence-corrected chi connectivity index (χ2v) is 6.74. The quantitative estimate of drug-likeness (QED) is 0.421. The third-order valence-electron chi connectivity index (χ3n) is 4.63. The summed E-state index contributed by atoms with van der Waals surface area (Å²) < 4.78 is 40.9. The molecule has 4 rings (SSSR count). The Morgan fingerprint density at radius 2 is 1.60 bits per heavy atom. The van der Waals surface area contributed by atoms with E-state index in [1.807, 2.05) is 48.8 Å². The van der Waals surface area contributed by atoms with Gasteiger partial charge in [-0.05, 0) is 59.7 Å². The normalized spacial score (nSPS) is 11.4. The summed E-state index contributed by atoms with van der Waals surface area (Å²) in [5.74, 6) is 0.372. The standard InChI is InChI=1S/C23H18F3N3O/c24-23(25,26)30-19-11-9-18(10-12-19)29-22-21-6-2-1-5-20(21)17(15-28-22)8-7-16-4-3-13-27-14-16/h1-6,9-15H,7-8H2,(H,28,29). The number of alkyl halides is 3. The molecule has 2 aromatic carbocycles. The summed E-state index contributed by atoms with van der Waals surface area (Å²) in [6.45, 7) is 0. The Morgan fingerprint density at radius 1 is 0.833 bits per heavy atom. The Balaban J connectivity index is 1.55. The summed E-state index contributed by atoms with van der Waals surface area (Å²) in [5.41, 5.74) is 2.89. The van der Waals surface area contributed by atoms with Gasteiger partial charge in [-0.2, -0.15) is 0 Å².